The van der Waals surface area contributed by atoms with Crippen molar-refractivity contribution in [2.24, 2.45) is 4.99 Å². The first-order valence-corrected chi connectivity index (χ1v) is 10.1. The Morgan fingerprint density at radius 3 is 2.89 bits per heavy atom. The van der Waals surface area contributed by atoms with E-state index in [1.54, 1.807) is 36.4 Å². The van der Waals surface area contributed by atoms with Crippen molar-refractivity contribution in [1.82, 2.24) is 5.32 Å². The Hall–Kier alpha value is -1.67. The van der Waals surface area contributed by atoms with Crippen LogP contribution in [0.1, 0.15) is 12.5 Å². The van der Waals surface area contributed by atoms with Crippen molar-refractivity contribution in [3.05, 3.63) is 55.3 Å². The summed E-state index contributed by atoms with van der Waals surface area (Å²) in [6, 6.07) is 8.44. The first-order valence-electron chi connectivity index (χ1n) is 7.78. The van der Waals surface area contributed by atoms with Gasteiger partial charge in [-0.25, -0.2) is 4.99 Å². The molecule has 1 amide bonds. The molecule has 27 heavy (non-hydrogen) atoms. The molecule has 5 nitrogen and oxygen atoms in total. The van der Waals surface area contributed by atoms with Gasteiger partial charge in [0, 0.05) is 10.0 Å². The number of hydrogen-bond donors (Lipinski definition) is 2. The van der Waals surface area contributed by atoms with Crippen molar-refractivity contribution in [3.8, 4) is 11.5 Å². The number of phenolic OH excluding ortho intramolecular Hbond substituents is 1. The lowest BCUT2D eigenvalue weighted by Gasteiger charge is -2.09. The van der Waals surface area contributed by atoms with Crippen molar-refractivity contribution < 1.29 is 14.6 Å². The molecule has 0 radical (unpaired) electrons. The summed E-state index contributed by atoms with van der Waals surface area (Å²) < 4.78 is 6.13. The van der Waals surface area contributed by atoms with E-state index in [1.807, 2.05) is 6.92 Å². The first kappa shape index (κ1) is 20.1. The molecule has 1 heterocycles. The molecule has 0 saturated carbocycles. The van der Waals surface area contributed by atoms with Gasteiger partial charge in [0.15, 0.2) is 16.7 Å². The topological polar surface area (TPSA) is 70.9 Å². The summed E-state index contributed by atoms with van der Waals surface area (Å²) in [6.07, 6.45) is 1.57. The highest BCUT2D eigenvalue weighted by atomic mass is 79.9. The van der Waals surface area contributed by atoms with Gasteiger partial charge >= 0.3 is 0 Å². The van der Waals surface area contributed by atoms with Crippen LogP contribution in [0.3, 0.4) is 0 Å². The van der Waals surface area contributed by atoms with E-state index in [1.165, 1.54) is 0 Å². The predicted molar refractivity (Wildman–Crippen MR) is 114 cm³/mol. The number of hydrogen-bond acceptors (Lipinski definition) is 5. The van der Waals surface area contributed by atoms with Gasteiger partial charge in [0.05, 0.1) is 27.2 Å². The summed E-state index contributed by atoms with van der Waals surface area (Å²) in [5.41, 5.74) is 0.907. The molecule has 140 valence electrons. The standard InChI is InChI=1S/C18H13BrCl2N2O3S/c1-2-26-13-8-10(19)6-9(16(13)24)7-14-17(25)23-18(27-14)22-12-5-3-4-11(20)15(12)21/h3-8,24H,2H2,1H3,(H,22,23,25)/b14-7+. The van der Waals surface area contributed by atoms with Crippen molar-refractivity contribution in [2.45, 2.75) is 6.92 Å². The smallest absolute Gasteiger partial charge is 0.264 e. The molecule has 1 aliphatic heterocycles. The largest absolute Gasteiger partial charge is 0.504 e. The van der Waals surface area contributed by atoms with Crippen LogP contribution in [0, 0.1) is 0 Å². The van der Waals surface area contributed by atoms with Crippen LogP contribution in [0.5, 0.6) is 11.5 Å². The second-order valence-corrected chi connectivity index (χ2v) is 8.06. The third-order valence-electron chi connectivity index (χ3n) is 3.46. The number of phenols is 1. The third kappa shape index (κ3) is 4.60. The fourth-order valence-corrected chi connectivity index (χ4v) is 3.90. The Kier molecular flexibility index (Phi) is 6.37. The van der Waals surface area contributed by atoms with Crippen LogP contribution >= 0.6 is 50.9 Å². The molecule has 0 atom stereocenters. The highest BCUT2D eigenvalue weighted by molar-refractivity contribution is 9.10. The minimum atomic E-state index is -0.325. The number of nitrogens with one attached hydrogen (secondary N) is 1. The maximum atomic E-state index is 12.3. The van der Waals surface area contributed by atoms with Gasteiger partial charge in [-0.05, 0) is 49.0 Å². The van der Waals surface area contributed by atoms with E-state index in [9.17, 15) is 9.90 Å². The SMILES string of the molecule is CCOc1cc(Br)cc(/C=C2/SC(=Nc3cccc(Cl)c3Cl)NC2=O)c1O. The average molecular weight is 488 g/mol. The molecule has 1 fully saturated rings. The molecule has 0 unspecified atom stereocenters. The Morgan fingerprint density at radius 1 is 1.37 bits per heavy atom. The van der Waals surface area contributed by atoms with Crippen LogP contribution in [0.4, 0.5) is 5.69 Å². The number of aliphatic imine (C=N–C) groups is 1. The zero-order chi connectivity index (χ0) is 19.6. The predicted octanol–water partition coefficient (Wildman–Crippen LogP) is 5.75. The number of halogens is 3. The zero-order valence-corrected chi connectivity index (χ0v) is 17.8. The van der Waals surface area contributed by atoms with Crippen LogP contribution in [-0.4, -0.2) is 22.8 Å². The maximum Gasteiger partial charge on any atom is 0.264 e. The molecule has 9 heteroatoms. The number of aromatic hydroxyl groups is 1. The fraction of sp³-hybridized carbons (Fsp3) is 0.111. The second-order valence-electron chi connectivity index (χ2n) is 5.33. The summed E-state index contributed by atoms with van der Waals surface area (Å²) in [5.74, 6) is -0.0276. The van der Waals surface area contributed by atoms with Crippen LogP contribution in [-0.2, 0) is 4.79 Å². The molecule has 2 aromatic carbocycles. The third-order valence-corrected chi connectivity index (χ3v) is 5.64. The molecule has 2 N–H and O–H groups in total. The van der Waals surface area contributed by atoms with Crippen molar-refractivity contribution in [1.29, 1.82) is 0 Å². The Balaban J connectivity index is 1.92. The fourth-order valence-electron chi connectivity index (χ4n) is 2.28. The minimum absolute atomic E-state index is 0.0378. The summed E-state index contributed by atoms with van der Waals surface area (Å²) in [7, 11) is 0. The molecule has 0 aromatic heterocycles. The number of amides is 1. The molecule has 1 aliphatic rings. The van der Waals surface area contributed by atoms with E-state index < -0.39 is 0 Å². The molecule has 3 rings (SSSR count). The maximum absolute atomic E-state index is 12.3. The lowest BCUT2D eigenvalue weighted by molar-refractivity contribution is -0.115. The summed E-state index contributed by atoms with van der Waals surface area (Å²) in [4.78, 5) is 17.0. The van der Waals surface area contributed by atoms with Gasteiger partial charge in [0.2, 0.25) is 0 Å². The van der Waals surface area contributed by atoms with Gasteiger partial charge < -0.3 is 15.2 Å². The van der Waals surface area contributed by atoms with Gasteiger partial charge in [-0.3, -0.25) is 4.79 Å². The van der Waals surface area contributed by atoms with Gasteiger partial charge in [-0.15, -0.1) is 0 Å². The lowest BCUT2D eigenvalue weighted by atomic mass is 10.1. The van der Waals surface area contributed by atoms with E-state index in [-0.39, 0.29) is 11.7 Å². The minimum Gasteiger partial charge on any atom is -0.504 e. The number of ether oxygens (including phenoxy) is 1. The van der Waals surface area contributed by atoms with Gasteiger partial charge in [-0.1, -0.05) is 45.2 Å². The first-order chi connectivity index (χ1) is 12.9. The molecule has 0 spiro atoms. The second kappa shape index (κ2) is 8.56. The summed E-state index contributed by atoms with van der Waals surface area (Å²) in [6.45, 7) is 2.23. The Bertz CT molecular complexity index is 979. The van der Waals surface area contributed by atoms with Crippen molar-refractivity contribution in [3.63, 3.8) is 0 Å². The Labute approximate surface area is 178 Å². The van der Waals surface area contributed by atoms with E-state index in [0.717, 1.165) is 16.2 Å². The Morgan fingerprint density at radius 2 is 2.15 bits per heavy atom. The monoisotopic (exact) mass is 486 g/mol. The number of nitrogens with zero attached hydrogens (tertiary/aromatic N) is 1. The molecule has 0 aliphatic carbocycles. The quantitative estimate of drug-likeness (QED) is 0.538. The van der Waals surface area contributed by atoms with Gasteiger partial charge in [0.1, 0.15) is 0 Å². The number of rotatable bonds is 4. The van der Waals surface area contributed by atoms with Gasteiger partial charge in [0.25, 0.3) is 5.91 Å². The van der Waals surface area contributed by atoms with Crippen LogP contribution in [0.15, 0.2) is 44.7 Å². The summed E-state index contributed by atoms with van der Waals surface area (Å²) in [5, 5.41) is 14.1. The molecular formula is C18H13BrCl2N2O3S. The highest BCUT2D eigenvalue weighted by Gasteiger charge is 2.25. The van der Waals surface area contributed by atoms with Crippen LogP contribution in [0.2, 0.25) is 10.0 Å². The molecular weight excluding hydrogens is 475 g/mol. The highest BCUT2D eigenvalue weighted by Crippen LogP contribution is 2.38. The molecule has 0 bridgehead atoms. The normalized spacial score (nSPS) is 16.8. The van der Waals surface area contributed by atoms with E-state index in [0.29, 0.717) is 43.7 Å². The van der Waals surface area contributed by atoms with Crippen LogP contribution < -0.4 is 10.1 Å². The molecule has 1 saturated heterocycles. The molecule has 2 aromatic rings. The number of carbonyl (C=O) groups excluding carboxylic acids is 1. The number of benzene rings is 2. The van der Waals surface area contributed by atoms with Crippen LogP contribution in [0.25, 0.3) is 6.08 Å². The van der Waals surface area contributed by atoms with Gasteiger partial charge in [-0.2, -0.15) is 0 Å². The zero-order valence-electron chi connectivity index (χ0n) is 13.9. The lowest BCUT2D eigenvalue weighted by Crippen LogP contribution is -2.19. The van der Waals surface area contributed by atoms with E-state index in [2.05, 4.69) is 26.2 Å². The van der Waals surface area contributed by atoms with Crippen molar-refractivity contribution in [2.75, 3.05) is 6.61 Å². The van der Waals surface area contributed by atoms with E-state index >= 15 is 0 Å². The number of carbonyl (C=O) groups is 1. The van der Waals surface area contributed by atoms with Crippen molar-refractivity contribution >= 4 is 73.7 Å². The van der Waals surface area contributed by atoms with E-state index in [4.69, 9.17) is 27.9 Å². The number of amidine groups is 1. The average Bonchev–Trinajstić information content (AvgIpc) is 2.95. The summed E-state index contributed by atoms with van der Waals surface area (Å²) >= 11 is 16.6. The number of thioether (sulfide) groups is 1.